The second kappa shape index (κ2) is 6.37. The van der Waals surface area contributed by atoms with E-state index in [0.717, 1.165) is 4.68 Å². The fraction of sp³-hybridized carbons (Fsp3) is 0.438. The molecule has 0 aliphatic carbocycles. The van der Waals surface area contributed by atoms with Crippen molar-refractivity contribution in [2.24, 2.45) is 0 Å². The van der Waals surface area contributed by atoms with Gasteiger partial charge in [-0.05, 0) is 26.0 Å². The van der Waals surface area contributed by atoms with E-state index in [1.807, 2.05) is 32.0 Å². The third kappa shape index (κ3) is 3.34. The summed E-state index contributed by atoms with van der Waals surface area (Å²) in [6, 6.07) is 9.09. The van der Waals surface area contributed by atoms with Crippen LogP contribution < -0.4 is 5.76 Å². The maximum absolute atomic E-state index is 12.5. The minimum absolute atomic E-state index is 0.0101. The normalized spacial score (nSPS) is 21.4. The van der Waals surface area contributed by atoms with Crippen LogP contribution >= 0.6 is 0 Å². The SMILES string of the molecule is C[C@@H]1CO[C@@H](C)CN1C(=O)Cn1nc(-c2ccccc2)oc1=O. The zero-order valence-corrected chi connectivity index (χ0v) is 13.1. The molecule has 1 aromatic heterocycles. The molecule has 1 fully saturated rings. The molecule has 1 saturated heterocycles. The molecular weight excluding hydrogens is 298 g/mol. The van der Waals surface area contributed by atoms with E-state index in [2.05, 4.69) is 5.10 Å². The number of benzene rings is 1. The van der Waals surface area contributed by atoms with Gasteiger partial charge in [0, 0.05) is 12.1 Å². The molecule has 1 amide bonds. The average molecular weight is 317 g/mol. The molecule has 1 aliphatic rings. The Morgan fingerprint density at radius 2 is 2.04 bits per heavy atom. The van der Waals surface area contributed by atoms with E-state index in [4.69, 9.17) is 9.15 Å². The van der Waals surface area contributed by atoms with Gasteiger partial charge in [0.15, 0.2) is 0 Å². The Hall–Kier alpha value is -2.41. The van der Waals surface area contributed by atoms with E-state index in [1.54, 1.807) is 17.0 Å². The van der Waals surface area contributed by atoms with E-state index in [-0.39, 0.29) is 30.5 Å². The molecule has 7 nitrogen and oxygen atoms in total. The summed E-state index contributed by atoms with van der Waals surface area (Å²) >= 11 is 0. The molecule has 0 saturated carbocycles. The number of ether oxygens (including phenoxy) is 1. The van der Waals surface area contributed by atoms with Crippen molar-refractivity contribution < 1.29 is 13.9 Å². The highest BCUT2D eigenvalue weighted by Gasteiger charge is 2.28. The highest BCUT2D eigenvalue weighted by Crippen LogP contribution is 2.15. The number of hydrogen-bond donors (Lipinski definition) is 0. The number of amides is 1. The van der Waals surface area contributed by atoms with Crippen LogP contribution in [0.5, 0.6) is 0 Å². The summed E-state index contributed by atoms with van der Waals surface area (Å²) in [5.74, 6) is -0.583. The second-order valence-electron chi connectivity index (χ2n) is 5.74. The molecule has 2 heterocycles. The summed E-state index contributed by atoms with van der Waals surface area (Å²) in [6.07, 6.45) is -0.0101. The third-order valence-electron chi connectivity index (χ3n) is 3.84. The van der Waals surface area contributed by atoms with Crippen molar-refractivity contribution in [2.75, 3.05) is 13.2 Å². The number of carbonyl (C=O) groups excluding carboxylic acids is 1. The second-order valence-corrected chi connectivity index (χ2v) is 5.74. The zero-order chi connectivity index (χ0) is 16.4. The summed E-state index contributed by atoms with van der Waals surface area (Å²) in [7, 11) is 0. The van der Waals surface area contributed by atoms with Crippen LogP contribution in [-0.4, -0.2) is 45.9 Å². The molecule has 0 radical (unpaired) electrons. The van der Waals surface area contributed by atoms with Crippen LogP contribution in [0.15, 0.2) is 39.5 Å². The predicted octanol–water partition coefficient (Wildman–Crippen LogP) is 1.14. The molecule has 0 unspecified atom stereocenters. The van der Waals surface area contributed by atoms with Gasteiger partial charge in [-0.3, -0.25) is 4.79 Å². The lowest BCUT2D eigenvalue weighted by Gasteiger charge is -2.36. The smallest absolute Gasteiger partial charge is 0.388 e. The molecule has 122 valence electrons. The Morgan fingerprint density at radius 1 is 1.30 bits per heavy atom. The van der Waals surface area contributed by atoms with Crippen molar-refractivity contribution in [2.45, 2.75) is 32.5 Å². The average Bonchev–Trinajstić information content (AvgIpc) is 2.91. The molecule has 3 rings (SSSR count). The number of carbonyl (C=O) groups is 1. The van der Waals surface area contributed by atoms with E-state index in [1.165, 1.54) is 0 Å². The van der Waals surface area contributed by atoms with Gasteiger partial charge in [0.1, 0.15) is 6.54 Å². The van der Waals surface area contributed by atoms with E-state index in [9.17, 15) is 9.59 Å². The lowest BCUT2D eigenvalue weighted by Crippen LogP contribution is -2.51. The molecule has 0 spiro atoms. The fourth-order valence-corrected chi connectivity index (χ4v) is 2.57. The lowest BCUT2D eigenvalue weighted by molar-refractivity contribution is -0.144. The lowest BCUT2D eigenvalue weighted by atomic mass is 10.2. The van der Waals surface area contributed by atoms with Crippen LogP contribution in [0.4, 0.5) is 0 Å². The molecule has 0 N–H and O–H groups in total. The Kier molecular flexibility index (Phi) is 4.29. The number of nitrogens with zero attached hydrogens (tertiary/aromatic N) is 3. The first-order valence-corrected chi connectivity index (χ1v) is 7.59. The summed E-state index contributed by atoms with van der Waals surface area (Å²) < 4.78 is 11.7. The van der Waals surface area contributed by atoms with Crippen molar-refractivity contribution in [1.29, 1.82) is 0 Å². The Bertz CT molecular complexity index is 737. The molecule has 2 atom stereocenters. The number of rotatable bonds is 3. The van der Waals surface area contributed by atoms with E-state index >= 15 is 0 Å². The Labute approximate surface area is 133 Å². The number of morpholine rings is 1. The maximum atomic E-state index is 12.5. The molecular formula is C16H19N3O4. The number of hydrogen-bond acceptors (Lipinski definition) is 5. The molecule has 0 bridgehead atoms. The van der Waals surface area contributed by atoms with Gasteiger partial charge < -0.3 is 14.1 Å². The number of aromatic nitrogens is 2. The third-order valence-corrected chi connectivity index (χ3v) is 3.84. The van der Waals surface area contributed by atoms with E-state index < -0.39 is 5.76 Å². The monoisotopic (exact) mass is 317 g/mol. The maximum Gasteiger partial charge on any atom is 0.437 e. The van der Waals surface area contributed by atoms with Crippen LogP contribution in [-0.2, 0) is 16.1 Å². The topological polar surface area (TPSA) is 77.6 Å². The van der Waals surface area contributed by atoms with Gasteiger partial charge in [0.25, 0.3) is 0 Å². The largest absolute Gasteiger partial charge is 0.437 e. The molecule has 1 aromatic carbocycles. The summed E-state index contributed by atoms with van der Waals surface area (Å²) in [5, 5.41) is 4.12. The Morgan fingerprint density at radius 3 is 2.78 bits per heavy atom. The van der Waals surface area contributed by atoms with Gasteiger partial charge in [-0.15, -0.1) is 5.10 Å². The van der Waals surface area contributed by atoms with Gasteiger partial charge in [-0.2, -0.15) is 4.68 Å². The van der Waals surface area contributed by atoms with Gasteiger partial charge >= 0.3 is 5.76 Å². The van der Waals surface area contributed by atoms with Gasteiger partial charge in [0.2, 0.25) is 11.8 Å². The first kappa shape index (κ1) is 15.5. The first-order valence-electron chi connectivity index (χ1n) is 7.59. The predicted molar refractivity (Wildman–Crippen MR) is 82.8 cm³/mol. The standard InChI is InChI=1S/C16H19N3O4/c1-11-10-22-12(2)8-18(11)14(20)9-19-16(21)23-15(17-19)13-6-4-3-5-7-13/h3-7,11-12H,8-10H2,1-2H3/t11-,12+/m1/s1. The molecule has 2 aromatic rings. The molecule has 7 heteroatoms. The van der Waals surface area contributed by atoms with Crippen LogP contribution in [0.1, 0.15) is 13.8 Å². The van der Waals surface area contributed by atoms with Crippen LogP contribution in [0.3, 0.4) is 0 Å². The van der Waals surface area contributed by atoms with Crippen molar-refractivity contribution in [3.05, 3.63) is 40.9 Å². The molecule has 1 aliphatic heterocycles. The highest BCUT2D eigenvalue weighted by atomic mass is 16.5. The first-order chi connectivity index (χ1) is 11.0. The van der Waals surface area contributed by atoms with E-state index in [0.29, 0.717) is 18.7 Å². The van der Waals surface area contributed by atoms with Crippen LogP contribution in [0.25, 0.3) is 11.5 Å². The summed E-state index contributed by atoms with van der Waals surface area (Å²) in [5.41, 5.74) is 0.698. The van der Waals surface area contributed by atoms with Crippen LogP contribution in [0.2, 0.25) is 0 Å². The van der Waals surface area contributed by atoms with Gasteiger partial charge in [-0.1, -0.05) is 18.2 Å². The quantitative estimate of drug-likeness (QED) is 0.848. The highest BCUT2D eigenvalue weighted by molar-refractivity contribution is 5.76. The molecule has 23 heavy (non-hydrogen) atoms. The Balaban J connectivity index is 1.77. The van der Waals surface area contributed by atoms with Gasteiger partial charge in [-0.25, -0.2) is 4.79 Å². The summed E-state index contributed by atoms with van der Waals surface area (Å²) in [4.78, 5) is 26.1. The van der Waals surface area contributed by atoms with Crippen molar-refractivity contribution >= 4 is 5.91 Å². The summed E-state index contributed by atoms with van der Waals surface area (Å²) in [6.45, 7) is 4.72. The zero-order valence-electron chi connectivity index (χ0n) is 13.1. The minimum Gasteiger partial charge on any atom is -0.388 e. The van der Waals surface area contributed by atoms with Crippen molar-refractivity contribution in [3.8, 4) is 11.5 Å². The van der Waals surface area contributed by atoms with Crippen molar-refractivity contribution in [3.63, 3.8) is 0 Å². The fourth-order valence-electron chi connectivity index (χ4n) is 2.57. The minimum atomic E-state index is -0.633. The van der Waals surface area contributed by atoms with Crippen molar-refractivity contribution in [1.82, 2.24) is 14.7 Å². The van der Waals surface area contributed by atoms with Gasteiger partial charge in [0.05, 0.1) is 18.8 Å². The van der Waals surface area contributed by atoms with Crippen LogP contribution in [0, 0.1) is 0 Å².